The quantitative estimate of drug-likeness (QED) is 0.758. The van der Waals surface area contributed by atoms with E-state index < -0.39 is 5.91 Å². The van der Waals surface area contributed by atoms with Crippen LogP contribution in [0.15, 0.2) is 18.5 Å². The molecule has 0 saturated carbocycles. The number of aryl methyl sites for hydroxylation is 2. The van der Waals surface area contributed by atoms with Crippen molar-refractivity contribution in [3.8, 4) is 16.9 Å². The van der Waals surface area contributed by atoms with Crippen molar-refractivity contribution < 1.29 is 9.53 Å². The van der Waals surface area contributed by atoms with E-state index in [4.69, 9.17) is 16.2 Å². The molecule has 0 spiro atoms. The lowest BCUT2D eigenvalue weighted by atomic mass is 9.93. The summed E-state index contributed by atoms with van der Waals surface area (Å²) in [6.45, 7) is 6.58. The molecule has 0 fully saturated rings. The first-order valence-corrected chi connectivity index (χ1v) is 7.99. The average molecular weight is 339 g/mol. The van der Waals surface area contributed by atoms with E-state index in [-0.39, 0.29) is 11.4 Å². The van der Waals surface area contributed by atoms with E-state index in [0.29, 0.717) is 23.3 Å². The van der Waals surface area contributed by atoms with E-state index in [1.807, 2.05) is 37.5 Å². The minimum atomic E-state index is -0.664. The summed E-state index contributed by atoms with van der Waals surface area (Å²) in [4.78, 5) is 20.7. The van der Waals surface area contributed by atoms with Crippen molar-refractivity contribution in [2.24, 2.45) is 5.73 Å². The Morgan fingerprint density at radius 1 is 1.28 bits per heavy atom. The SMILES string of the molecule is CCn1cnc2c(-c3c(C)ccc(OC)c3C)c(N)c(C(N)=O)nc21. The van der Waals surface area contributed by atoms with E-state index in [1.165, 1.54) is 0 Å². The Kier molecular flexibility index (Phi) is 4.08. The van der Waals surface area contributed by atoms with Crippen LogP contribution in [0.4, 0.5) is 5.69 Å². The third-order valence-electron chi connectivity index (χ3n) is 4.46. The fourth-order valence-corrected chi connectivity index (χ4v) is 3.19. The molecular formula is C18H21N5O2. The van der Waals surface area contributed by atoms with Crippen molar-refractivity contribution in [2.75, 3.05) is 12.8 Å². The molecule has 1 amide bonds. The maximum Gasteiger partial charge on any atom is 0.269 e. The maximum atomic E-state index is 11.9. The van der Waals surface area contributed by atoms with E-state index in [1.54, 1.807) is 13.4 Å². The highest BCUT2D eigenvalue weighted by Gasteiger charge is 2.23. The standard InChI is InChI=1S/C18H21N5O2/c1-5-23-8-21-15-13(14(19)16(17(20)24)22-18(15)23)12-9(2)6-7-11(25-4)10(12)3/h6-8H,5,19H2,1-4H3,(H2,20,24). The lowest BCUT2D eigenvalue weighted by Gasteiger charge is -2.17. The number of hydrogen-bond acceptors (Lipinski definition) is 5. The van der Waals surface area contributed by atoms with Gasteiger partial charge >= 0.3 is 0 Å². The Bertz CT molecular complexity index is 991. The van der Waals surface area contributed by atoms with Crippen LogP contribution in [-0.2, 0) is 6.54 Å². The second-order valence-electron chi connectivity index (χ2n) is 5.90. The van der Waals surface area contributed by atoms with Crippen LogP contribution in [0.25, 0.3) is 22.3 Å². The summed E-state index contributed by atoms with van der Waals surface area (Å²) < 4.78 is 7.30. The van der Waals surface area contributed by atoms with Crippen LogP contribution in [-0.4, -0.2) is 27.6 Å². The van der Waals surface area contributed by atoms with Crippen molar-refractivity contribution in [1.29, 1.82) is 0 Å². The molecule has 1 aromatic carbocycles. The molecule has 25 heavy (non-hydrogen) atoms. The van der Waals surface area contributed by atoms with Gasteiger partial charge in [0.2, 0.25) is 0 Å². The molecule has 0 bridgehead atoms. The summed E-state index contributed by atoms with van der Waals surface area (Å²) in [6, 6.07) is 3.86. The fourth-order valence-electron chi connectivity index (χ4n) is 3.19. The van der Waals surface area contributed by atoms with Gasteiger partial charge in [0.15, 0.2) is 11.3 Å². The molecule has 0 aliphatic rings. The molecule has 0 atom stereocenters. The Morgan fingerprint density at radius 2 is 2.00 bits per heavy atom. The summed E-state index contributed by atoms with van der Waals surface area (Å²) >= 11 is 0. The second kappa shape index (κ2) is 6.08. The number of benzene rings is 1. The largest absolute Gasteiger partial charge is 0.496 e. The molecule has 4 N–H and O–H groups in total. The number of carbonyl (C=O) groups excluding carboxylic acids is 1. The first kappa shape index (κ1) is 16.8. The highest BCUT2D eigenvalue weighted by Crippen LogP contribution is 2.40. The van der Waals surface area contributed by atoms with Gasteiger partial charge in [0, 0.05) is 12.1 Å². The predicted molar refractivity (Wildman–Crippen MR) is 97.6 cm³/mol. The van der Waals surface area contributed by atoms with E-state index >= 15 is 0 Å². The monoisotopic (exact) mass is 339 g/mol. The van der Waals surface area contributed by atoms with Crippen molar-refractivity contribution in [3.63, 3.8) is 0 Å². The van der Waals surface area contributed by atoms with Crippen LogP contribution in [0.3, 0.4) is 0 Å². The zero-order valence-electron chi connectivity index (χ0n) is 14.8. The second-order valence-corrected chi connectivity index (χ2v) is 5.90. The zero-order valence-corrected chi connectivity index (χ0v) is 14.8. The van der Waals surface area contributed by atoms with Crippen molar-refractivity contribution in [2.45, 2.75) is 27.3 Å². The van der Waals surface area contributed by atoms with Crippen LogP contribution < -0.4 is 16.2 Å². The summed E-state index contributed by atoms with van der Waals surface area (Å²) in [7, 11) is 1.62. The van der Waals surface area contributed by atoms with Crippen LogP contribution >= 0.6 is 0 Å². The van der Waals surface area contributed by atoms with Crippen LogP contribution in [0.2, 0.25) is 0 Å². The van der Waals surface area contributed by atoms with Crippen LogP contribution in [0.1, 0.15) is 28.5 Å². The molecular weight excluding hydrogens is 318 g/mol. The van der Waals surface area contributed by atoms with Gasteiger partial charge in [-0.05, 0) is 43.5 Å². The number of nitrogens with two attached hydrogens (primary N) is 2. The van der Waals surface area contributed by atoms with Gasteiger partial charge in [0.1, 0.15) is 11.3 Å². The molecule has 0 saturated heterocycles. The minimum absolute atomic E-state index is 0.0549. The van der Waals surface area contributed by atoms with Crippen LogP contribution in [0.5, 0.6) is 5.75 Å². The molecule has 130 valence electrons. The van der Waals surface area contributed by atoms with Crippen LogP contribution in [0, 0.1) is 13.8 Å². The highest BCUT2D eigenvalue weighted by atomic mass is 16.5. The maximum absolute atomic E-state index is 11.9. The first-order chi connectivity index (χ1) is 11.9. The van der Waals surface area contributed by atoms with Gasteiger partial charge in [-0.1, -0.05) is 6.07 Å². The number of anilines is 1. The number of amides is 1. The molecule has 0 aliphatic heterocycles. The van der Waals surface area contributed by atoms with Crippen molar-refractivity contribution in [3.05, 3.63) is 35.3 Å². The third kappa shape index (κ3) is 2.48. The molecule has 3 rings (SSSR count). The Hall–Kier alpha value is -3.09. The molecule has 0 unspecified atom stereocenters. The smallest absolute Gasteiger partial charge is 0.269 e. The predicted octanol–water partition coefficient (Wildman–Crippen LogP) is 2.42. The van der Waals surface area contributed by atoms with Gasteiger partial charge in [-0.3, -0.25) is 4.79 Å². The number of carbonyl (C=O) groups is 1. The van der Waals surface area contributed by atoms with Gasteiger partial charge in [-0.2, -0.15) is 0 Å². The van der Waals surface area contributed by atoms with Crippen molar-refractivity contribution in [1.82, 2.24) is 14.5 Å². The highest BCUT2D eigenvalue weighted by molar-refractivity contribution is 6.07. The van der Waals surface area contributed by atoms with E-state index in [9.17, 15) is 4.79 Å². The molecule has 2 heterocycles. The number of fused-ring (bicyclic) bond motifs is 1. The summed E-state index contributed by atoms with van der Waals surface area (Å²) in [5.41, 5.74) is 16.8. The number of imidazole rings is 1. The molecule has 3 aromatic rings. The first-order valence-electron chi connectivity index (χ1n) is 7.99. The molecule has 0 aliphatic carbocycles. The topological polar surface area (TPSA) is 109 Å². The number of hydrogen-bond donors (Lipinski definition) is 2. The lowest BCUT2D eigenvalue weighted by molar-refractivity contribution is 0.0997. The normalized spacial score (nSPS) is 11.0. The van der Waals surface area contributed by atoms with Gasteiger partial charge in [0.25, 0.3) is 5.91 Å². The summed E-state index contributed by atoms with van der Waals surface area (Å²) in [5.74, 6) is 0.0724. The Balaban J connectivity index is 2.50. The number of ether oxygens (including phenoxy) is 1. The van der Waals surface area contributed by atoms with Gasteiger partial charge in [-0.25, -0.2) is 9.97 Å². The Labute approximate surface area is 145 Å². The number of primary amides is 1. The fraction of sp³-hybridized carbons (Fsp3) is 0.278. The lowest BCUT2D eigenvalue weighted by Crippen LogP contribution is -2.17. The third-order valence-corrected chi connectivity index (χ3v) is 4.46. The number of methoxy groups -OCH3 is 1. The minimum Gasteiger partial charge on any atom is -0.496 e. The average Bonchev–Trinajstić information content (AvgIpc) is 2.98. The molecule has 0 radical (unpaired) electrons. The number of nitrogen functional groups attached to an aromatic ring is 1. The Morgan fingerprint density at radius 3 is 2.60 bits per heavy atom. The molecule has 2 aromatic heterocycles. The van der Waals surface area contributed by atoms with Gasteiger partial charge < -0.3 is 20.8 Å². The zero-order chi connectivity index (χ0) is 18.3. The van der Waals surface area contributed by atoms with E-state index in [2.05, 4.69) is 9.97 Å². The summed E-state index contributed by atoms with van der Waals surface area (Å²) in [5, 5.41) is 0. The number of aromatic nitrogens is 3. The summed E-state index contributed by atoms with van der Waals surface area (Å²) in [6.07, 6.45) is 1.69. The molecule has 7 heteroatoms. The number of pyridine rings is 1. The van der Waals surface area contributed by atoms with Crippen molar-refractivity contribution >= 4 is 22.8 Å². The van der Waals surface area contributed by atoms with Gasteiger partial charge in [-0.15, -0.1) is 0 Å². The molecule has 7 nitrogen and oxygen atoms in total. The number of nitrogens with zero attached hydrogens (tertiary/aromatic N) is 3. The van der Waals surface area contributed by atoms with Gasteiger partial charge in [0.05, 0.1) is 19.1 Å². The van der Waals surface area contributed by atoms with E-state index in [0.717, 1.165) is 22.4 Å². The number of rotatable bonds is 4.